The fourth-order valence-electron chi connectivity index (χ4n) is 3.49. The Kier molecular flexibility index (Phi) is 6.40. The summed E-state index contributed by atoms with van der Waals surface area (Å²) in [6.45, 7) is 2.79. The van der Waals surface area contributed by atoms with E-state index in [9.17, 15) is 13.2 Å². The number of aromatic nitrogens is 2. The van der Waals surface area contributed by atoms with Crippen molar-refractivity contribution >= 4 is 33.7 Å². The molecule has 0 saturated carbocycles. The lowest BCUT2D eigenvalue weighted by Crippen LogP contribution is -2.28. The molecule has 32 heavy (non-hydrogen) atoms. The molecule has 8 nitrogen and oxygen atoms in total. The number of nitrogens with one attached hydrogen (secondary N) is 1. The number of benzene rings is 2. The van der Waals surface area contributed by atoms with Crippen LogP contribution < -0.4 is 5.43 Å². The molecule has 1 amide bonds. The fraction of sp³-hybridized carbons (Fsp3) is 0.227. The molecule has 0 unspecified atom stereocenters. The molecule has 1 fully saturated rings. The van der Waals surface area contributed by atoms with Gasteiger partial charge in [0.05, 0.1) is 28.1 Å². The quantitative estimate of drug-likeness (QED) is 0.440. The van der Waals surface area contributed by atoms with Crippen molar-refractivity contribution in [3.05, 3.63) is 76.6 Å². The van der Waals surface area contributed by atoms with Crippen LogP contribution in [0.3, 0.4) is 0 Å². The number of hydrogen-bond donors (Lipinski definition) is 1. The number of para-hydroxylation sites is 1. The van der Waals surface area contributed by atoms with Crippen LogP contribution in [0.4, 0.5) is 0 Å². The summed E-state index contributed by atoms with van der Waals surface area (Å²) in [5, 5.41) is 8.78. The molecule has 166 valence electrons. The van der Waals surface area contributed by atoms with Crippen LogP contribution >= 0.6 is 11.6 Å². The zero-order chi connectivity index (χ0) is 22.7. The van der Waals surface area contributed by atoms with Crippen molar-refractivity contribution in [3.8, 4) is 5.69 Å². The van der Waals surface area contributed by atoms with Gasteiger partial charge in [-0.3, -0.25) is 4.79 Å². The fourth-order valence-corrected chi connectivity index (χ4v) is 5.38. The Morgan fingerprint density at radius 1 is 1.12 bits per heavy atom. The molecule has 1 aliphatic rings. The van der Waals surface area contributed by atoms with Gasteiger partial charge in [-0.15, -0.1) is 0 Å². The van der Waals surface area contributed by atoms with Gasteiger partial charge in [-0.25, -0.2) is 18.5 Å². The largest absolute Gasteiger partial charge is 0.271 e. The van der Waals surface area contributed by atoms with Crippen molar-refractivity contribution in [2.24, 2.45) is 5.10 Å². The molecule has 0 atom stereocenters. The highest BCUT2D eigenvalue weighted by molar-refractivity contribution is 7.89. The number of sulfonamides is 1. The summed E-state index contributed by atoms with van der Waals surface area (Å²) >= 11 is 6.45. The van der Waals surface area contributed by atoms with Crippen molar-refractivity contribution in [2.75, 3.05) is 13.1 Å². The van der Waals surface area contributed by atoms with Crippen molar-refractivity contribution in [1.82, 2.24) is 19.5 Å². The van der Waals surface area contributed by atoms with Gasteiger partial charge in [0.15, 0.2) is 0 Å². The summed E-state index contributed by atoms with van der Waals surface area (Å²) in [6, 6.07) is 15.4. The normalized spacial score (nSPS) is 14.8. The van der Waals surface area contributed by atoms with Crippen LogP contribution in [-0.2, 0) is 10.0 Å². The number of aryl methyl sites for hydroxylation is 1. The van der Waals surface area contributed by atoms with E-state index in [1.807, 2.05) is 30.3 Å². The van der Waals surface area contributed by atoms with Crippen molar-refractivity contribution < 1.29 is 13.2 Å². The van der Waals surface area contributed by atoms with Crippen LogP contribution in [0.25, 0.3) is 5.69 Å². The summed E-state index contributed by atoms with van der Waals surface area (Å²) in [7, 11) is -3.61. The summed E-state index contributed by atoms with van der Waals surface area (Å²) in [5.74, 6) is -0.524. The molecule has 1 aromatic heterocycles. The maximum Gasteiger partial charge on any atom is 0.271 e. The number of hydrazone groups is 1. The first-order valence-corrected chi connectivity index (χ1v) is 11.9. The number of rotatable bonds is 6. The smallest absolute Gasteiger partial charge is 0.267 e. The summed E-state index contributed by atoms with van der Waals surface area (Å²) in [4.78, 5) is 12.6. The van der Waals surface area contributed by atoms with Crippen molar-refractivity contribution in [3.63, 3.8) is 0 Å². The van der Waals surface area contributed by atoms with Gasteiger partial charge in [-0.05, 0) is 50.1 Å². The average molecular weight is 472 g/mol. The Morgan fingerprint density at radius 3 is 2.56 bits per heavy atom. The molecular formula is C22H22ClN5O3S. The van der Waals surface area contributed by atoms with Gasteiger partial charge in [0, 0.05) is 18.7 Å². The van der Waals surface area contributed by atoms with E-state index in [-0.39, 0.29) is 10.5 Å². The molecule has 2 heterocycles. The lowest BCUT2D eigenvalue weighted by molar-refractivity contribution is 0.0955. The molecule has 0 bridgehead atoms. The van der Waals surface area contributed by atoms with E-state index in [1.54, 1.807) is 23.7 Å². The SMILES string of the molecule is Cc1nn(-c2ccccc2)c(Cl)c1/C=N\NC(=O)c1cccc(S(=O)(=O)N2CCCC2)c1. The molecule has 0 radical (unpaired) electrons. The Labute approximate surface area is 191 Å². The molecule has 2 aromatic carbocycles. The first kappa shape index (κ1) is 22.2. The molecule has 3 aromatic rings. The first-order valence-electron chi connectivity index (χ1n) is 10.1. The number of hydrogen-bond acceptors (Lipinski definition) is 5. The number of carbonyl (C=O) groups is 1. The Hall–Kier alpha value is -3.01. The highest BCUT2D eigenvalue weighted by atomic mass is 35.5. The molecule has 10 heteroatoms. The Bertz CT molecular complexity index is 1270. The minimum Gasteiger partial charge on any atom is -0.267 e. The maximum atomic E-state index is 12.7. The van der Waals surface area contributed by atoms with E-state index in [2.05, 4.69) is 15.6 Å². The van der Waals surface area contributed by atoms with Gasteiger partial charge in [0.25, 0.3) is 5.91 Å². The van der Waals surface area contributed by atoms with Gasteiger partial charge in [-0.2, -0.15) is 14.5 Å². The third kappa shape index (κ3) is 4.45. The molecule has 1 aliphatic heterocycles. The van der Waals surface area contributed by atoms with E-state index in [0.29, 0.717) is 29.5 Å². The van der Waals surface area contributed by atoms with E-state index >= 15 is 0 Å². The number of carbonyl (C=O) groups excluding carboxylic acids is 1. The van der Waals surface area contributed by atoms with Crippen LogP contribution in [0.5, 0.6) is 0 Å². The van der Waals surface area contributed by atoms with Gasteiger partial charge in [0.1, 0.15) is 5.15 Å². The Morgan fingerprint density at radius 2 is 1.84 bits per heavy atom. The van der Waals surface area contributed by atoms with Crippen LogP contribution in [0.1, 0.15) is 34.5 Å². The summed E-state index contributed by atoms with van der Waals surface area (Å²) in [6.07, 6.45) is 3.11. The van der Waals surface area contributed by atoms with Crippen molar-refractivity contribution in [1.29, 1.82) is 0 Å². The zero-order valence-corrected chi connectivity index (χ0v) is 19.0. The monoisotopic (exact) mass is 471 g/mol. The van der Waals surface area contributed by atoms with Crippen LogP contribution in [0, 0.1) is 6.92 Å². The van der Waals surface area contributed by atoms with Crippen LogP contribution in [-0.4, -0.2) is 47.7 Å². The predicted molar refractivity (Wildman–Crippen MR) is 123 cm³/mol. The molecule has 0 aliphatic carbocycles. The minimum absolute atomic E-state index is 0.0963. The van der Waals surface area contributed by atoms with Gasteiger partial charge < -0.3 is 0 Å². The number of nitrogens with zero attached hydrogens (tertiary/aromatic N) is 4. The molecule has 1 N–H and O–H groups in total. The maximum absolute atomic E-state index is 12.7. The topological polar surface area (TPSA) is 96.7 Å². The lowest BCUT2D eigenvalue weighted by atomic mass is 10.2. The van der Waals surface area contributed by atoms with E-state index < -0.39 is 15.9 Å². The first-order chi connectivity index (χ1) is 15.4. The highest BCUT2D eigenvalue weighted by Crippen LogP contribution is 2.23. The van der Waals surface area contributed by atoms with E-state index in [1.165, 1.54) is 22.7 Å². The van der Waals surface area contributed by atoms with Crippen LogP contribution in [0.15, 0.2) is 64.6 Å². The van der Waals surface area contributed by atoms with Gasteiger partial charge in [0.2, 0.25) is 10.0 Å². The average Bonchev–Trinajstić information content (AvgIpc) is 3.44. The second kappa shape index (κ2) is 9.23. The number of halogens is 1. The third-order valence-corrected chi connectivity index (χ3v) is 7.47. The van der Waals surface area contributed by atoms with E-state index in [4.69, 9.17) is 11.6 Å². The zero-order valence-electron chi connectivity index (χ0n) is 17.4. The molecule has 1 saturated heterocycles. The summed E-state index contributed by atoms with van der Waals surface area (Å²) < 4.78 is 28.5. The second-order valence-corrected chi connectivity index (χ2v) is 9.67. The lowest BCUT2D eigenvalue weighted by Gasteiger charge is -2.15. The van der Waals surface area contributed by atoms with Gasteiger partial charge in [-0.1, -0.05) is 35.9 Å². The Balaban J connectivity index is 1.50. The highest BCUT2D eigenvalue weighted by Gasteiger charge is 2.27. The molecule has 0 spiro atoms. The predicted octanol–water partition coefficient (Wildman–Crippen LogP) is 3.38. The molecule has 4 rings (SSSR count). The minimum atomic E-state index is -3.61. The van der Waals surface area contributed by atoms with Crippen LogP contribution in [0.2, 0.25) is 5.15 Å². The standard InChI is InChI=1S/C22H22ClN5O3S/c1-16-20(21(23)28(26-16)18-9-3-2-4-10-18)15-24-25-22(29)17-8-7-11-19(14-17)32(30,31)27-12-5-6-13-27/h2-4,7-11,14-15H,5-6,12-13H2,1H3,(H,25,29)/b24-15-. The van der Waals surface area contributed by atoms with E-state index in [0.717, 1.165) is 18.5 Å². The second-order valence-electron chi connectivity index (χ2n) is 7.38. The molecular weight excluding hydrogens is 450 g/mol. The third-order valence-electron chi connectivity index (χ3n) is 5.21. The number of amides is 1. The van der Waals surface area contributed by atoms with Gasteiger partial charge >= 0.3 is 0 Å². The van der Waals surface area contributed by atoms with Crippen molar-refractivity contribution in [2.45, 2.75) is 24.7 Å². The summed E-state index contributed by atoms with van der Waals surface area (Å²) in [5.41, 5.74) is 4.65.